The Balaban J connectivity index is 1.64. The van der Waals surface area contributed by atoms with Crippen molar-refractivity contribution in [1.29, 1.82) is 5.26 Å². The first-order chi connectivity index (χ1) is 16.7. The summed E-state index contributed by atoms with van der Waals surface area (Å²) in [6.45, 7) is 1.07. The van der Waals surface area contributed by atoms with Gasteiger partial charge in [-0.1, -0.05) is 6.07 Å². The Morgan fingerprint density at radius 1 is 1.17 bits per heavy atom. The van der Waals surface area contributed by atoms with Gasteiger partial charge in [0.1, 0.15) is 17.4 Å². The van der Waals surface area contributed by atoms with Crippen LogP contribution in [0.4, 0.5) is 13.2 Å². The van der Waals surface area contributed by atoms with Crippen LogP contribution in [0.25, 0.3) is 5.82 Å². The number of carbonyl (C=O) groups excluding carboxylic acids is 1. The van der Waals surface area contributed by atoms with Gasteiger partial charge < -0.3 is 19.1 Å². The third-order valence-corrected chi connectivity index (χ3v) is 5.44. The Morgan fingerprint density at radius 3 is 2.57 bits per heavy atom. The summed E-state index contributed by atoms with van der Waals surface area (Å²) < 4.78 is 56.4. The maximum absolute atomic E-state index is 13.5. The topological polar surface area (TPSA) is 102 Å². The summed E-state index contributed by atoms with van der Waals surface area (Å²) in [5, 5.41) is 13.9. The minimum absolute atomic E-state index is 0.00548. The molecule has 1 aliphatic heterocycles. The highest BCUT2D eigenvalue weighted by Gasteiger charge is 2.40. The Labute approximate surface area is 198 Å². The molecule has 0 spiro atoms. The van der Waals surface area contributed by atoms with Crippen molar-refractivity contribution in [2.45, 2.75) is 32.3 Å². The second kappa shape index (κ2) is 9.17. The van der Waals surface area contributed by atoms with E-state index in [1.54, 1.807) is 29.1 Å². The number of methoxy groups -OCH3 is 2. The summed E-state index contributed by atoms with van der Waals surface area (Å²) >= 11 is 0. The number of nitriles is 1. The summed E-state index contributed by atoms with van der Waals surface area (Å²) in [5.74, 6) is -0.185. The predicted octanol–water partition coefficient (Wildman–Crippen LogP) is 3.64. The molecule has 0 bridgehead atoms. The van der Waals surface area contributed by atoms with E-state index in [4.69, 9.17) is 14.2 Å². The molecular weight excluding hydrogens is 467 g/mol. The second-order valence-corrected chi connectivity index (χ2v) is 7.68. The molecule has 9 nitrogen and oxygen atoms in total. The monoisotopic (exact) mass is 487 g/mol. The Morgan fingerprint density at radius 2 is 1.94 bits per heavy atom. The molecule has 0 aliphatic carbocycles. The number of pyridine rings is 1. The number of fused-ring (bicyclic) bond motifs is 1. The van der Waals surface area contributed by atoms with Crippen LogP contribution >= 0.6 is 0 Å². The van der Waals surface area contributed by atoms with E-state index in [1.165, 1.54) is 31.3 Å². The molecule has 1 aromatic carbocycles. The number of carbonyl (C=O) groups is 1. The average molecular weight is 487 g/mol. The van der Waals surface area contributed by atoms with E-state index in [0.29, 0.717) is 17.4 Å². The van der Waals surface area contributed by atoms with Crippen LogP contribution in [0.15, 0.2) is 36.5 Å². The van der Waals surface area contributed by atoms with Crippen molar-refractivity contribution in [1.82, 2.24) is 19.7 Å². The number of hydrogen-bond acceptors (Lipinski definition) is 7. The number of hydrogen-bond donors (Lipinski definition) is 0. The number of benzene rings is 1. The Bertz CT molecular complexity index is 1290. The van der Waals surface area contributed by atoms with Gasteiger partial charge in [-0.2, -0.15) is 28.5 Å². The number of aromatic nitrogens is 3. The highest BCUT2D eigenvalue weighted by molar-refractivity contribution is 6.00. The summed E-state index contributed by atoms with van der Waals surface area (Å²) in [5.41, 5.74) is 1.08. The van der Waals surface area contributed by atoms with E-state index in [2.05, 4.69) is 10.1 Å². The molecule has 2 aromatic heterocycles. The fourth-order valence-corrected chi connectivity index (χ4v) is 3.64. The fourth-order valence-electron chi connectivity index (χ4n) is 3.64. The summed E-state index contributed by atoms with van der Waals surface area (Å²) in [7, 11) is 2.73. The average Bonchev–Trinajstić information content (AvgIpc) is 3.42. The van der Waals surface area contributed by atoms with Crippen LogP contribution in [0.5, 0.6) is 17.4 Å². The van der Waals surface area contributed by atoms with Crippen LogP contribution in [0, 0.1) is 11.3 Å². The minimum atomic E-state index is -4.65. The molecule has 1 aliphatic rings. The molecule has 0 radical (unpaired) electrons. The lowest BCUT2D eigenvalue weighted by Crippen LogP contribution is -2.33. The van der Waals surface area contributed by atoms with Gasteiger partial charge in [0, 0.05) is 24.4 Å². The third kappa shape index (κ3) is 4.57. The van der Waals surface area contributed by atoms with E-state index >= 15 is 0 Å². The van der Waals surface area contributed by atoms with Crippen LogP contribution in [0.2, 0.25) is 0 Å². The normalized spacial score (nSPS) is 13.7. The zero-order valence-corrected chi connectivity index (χ0v) is 19.0. The van der Waals surface area contributed by atoms with Gasteiger partial charge in [-0.25, -0.2) is 4.68 Å². The standard InChI is InChI=1S/C23H20F3N5O4/c1-13(23(24,25)26)35-17-8-7-14(9-27)21(34-3)20(17)22(32)30-10-15-11-31(29-16(15)12-30)18-5-4-6-19(28-18)33-2/h4-8,11,13H,10,12H2,1-3H3/t13-/m0/s1. The largest absolute Gasteiger partial charge is 0.494 e. The molecule has 182 valence electrons. The molecular formula is C23H20F3N5O4. The van der Waals surface area contributed by atoms with Crippen molar-refractivity contribution in [2.75, 3.05) is 14.2 Å². The molecule has 3 heterocycles. The lowest BCUT2D eigenvalue weighted by Gasteiger charge is -2.23. The van der Waals surface area contributed by atoms with Crippen molar-refractivity contribution < 1.29 is 32.2 Å². The van der Waals surface area contributed by atoms with Crippen molar-refractivity contribution in [3.05, 3.63) is 58.9 Å². The number of amides is 1. The van der Waals surface area contributed by atoms with Crippen LogP contribution in [0.1, 0.15) is 34.1 Å². The summed E-state index contributed by atoms with van der Waals surface area (Å²) in [6, 6.07) is 9.51. The first kappa shape index (κ1) is 23.9. The van der Waals surface area contributed by atoms with Crippen LogP contribution in [-0.2, 0) is 13.1 Å². The van der Waals surface area contributed by atoms with Crippen LogP contribution in [0.3, 0.4) is 0 Å². The number of ether oxygens (including phenoxy) is 3. The fraction of sp³-hybridized carbons (Fsp3) is 0.304. The first-order valence-corrected chi connectivity index (χ1v) is 10.4. The van der Waals surface area contributed by atoms with E-state index in [-0.39, 0.29) is 35.7 Å². The zero-order valence-electron chi connectivity index (χ0n) is 19.0. The smallest absolute Gasteiger partial charge is 0.425 e. The van der Waals surface area contributed by atoms with E-state index < -0.39 is 18.2 Å². The second-order valence-electron chi connectivity index (χ2n) is 7.68. The van der Waals surface area contributed by atoms with Crippen molar-refractivity contribution in [2.24, 2.45) is 0 Å². The molecule has 0 unspecified atom stereocenters. The quantitative estimate of drug-likeness (QED) is 0.523. The number of rotatable bonds is 6. The first-order valence-electron chi connectivity index (χ1n) is 10.4. The third-order valence-electron chi connectivity index (χ3n) is 5.44. The summed E-state index contributed by atoms with van der Waals surface area (Å²) in [6.07, 6.45) is -5.11. The molecule has 0 N–H and O–H groups in total. The van der Waals surface area contributed by atoms with Crippen molar-refractivity contribution in [3.63, 3.8) is 0 Å². The van der Waals surface area contributed by atoms with Gasteiger partial charge in [-0.3, -0.25) is 4.79 Å². The lowest BCUT2D eigenvalue weighted by molar-refractivity contribution is -0.189. The molecule has 0 fully saturated rings. The van der Waals surface area contributed by atoms with Gasteiger partial charge in [-0.05, 0) is 25.1 Å². The molecule has 35 heavy (non-hydrogen) atoms. The molecule has 4 rings (SSSR count). The minimum Gasteiger partial charge on any atom is -0.494 e. The molecule has 3 aromatic rings. The van der Waals surface area contributed by atoms with Gasteiger partial charge in [0.25, 0.3) is 5.91 Å². The van der Waals surface area contributed by atoms with E-state index in [9.17, 15) is 23.2 Å². The molecule has 0 saturated heterocycles. The van der Waals surface area contributed by atoms with E-state index in [0.717, 1.165) is 12.5 Å². The number of nitrogens with zero attached hydrogens (tertiary/aromatic N) is 5. The van der Waals surface area contributed by atoms with E-state index in [1.807, 2.05) is 6.07 Å². The van der Waals surface area contributed by atoms with Crippen LogP contribution < -0.4 is 14.2 Å². The zero-order chi connectivity index (χ0) is 25.3. The predicted molar refractivity (Wildman–Crippen MR) is 115 cm³/mol. The van der Waals surface area contributed by atoms with Crippen molar-refractivity contribution in [3.8, 4) is 29.3 Å². The lowest BCUT2D eigenvalue weighted by atomic mass is 10.1. The number of halogens is 3. The van der Waals surface area contributed by atoms with Crippen LogP contribution in [-0.4, -0.2) is 52.1 Å². The maximum Gasteiger partial charge on any atom is 0.425 e. The van der Waals surface area contributed by atoms with Gasteiger partial charge in [0.05, 0.1) is 32.0 Å². The van der Waals surface area contributed by atoms with Crippen molar-refractivity contribution >= 4 is 5.91 Å². The van der Waals surface area contributed by atoms with Gasteiger partial charge >= 0.3 is 6.18 Å². The Hall–Kier alpha value is -4.27. The molecule has 0 saturated carbocycles. The number of alkyl halides is 3. The molecule has 1 atom stereocenters. The van der Waals surface area contributed by atoms with Gasteiger partial charge in [0.15, 0.2) is 17.7 Å². The van der Waals surface area contributed by atoms with Gasteiger partial charge in [-0.15, -0.1) is 0 Å². The van der Waals surface area contributed by atoms with Gasteiger partial charge in [0.2, 0.25) is 5.88 Å². The SMILES string of the molecule is COc1cccc(-n2cc3c(n2)CN(C(=O)c2c(O[C@@H](C)C(F)(F)F)ccc(C#N)c2OC)C3)n1. The highest BCUT2D eigenvalue weighted by atomic mass is 19.4. The summed E-state index contributed by atoms with van der Waals surface area (Å²) in [4.78, 5) is 19.2. The highest BCUT2D eigenvalue weighted by Crippen LogP contribution is 2.37. The molecule has 1 amide bonds. The maximum atomic E-state index is 13.5. The molecule has 12 heteroatoms. The Kier molecular flexibility index (Phi) is 6.26.